The number of anilines is 3. The maximum Gasteiger partial charge on any atom is 0.258 e. The van der Waals surface area contributed by atoms with Crippen molar-refractivity contribution in [2.45, 2.75) is 38.5 Å². The van der Waals surface area contributed by atoms with Crippen molar-refractivity contribution < 1.29 is 9.59 Å². The number of carbonyl (C=O) groups is 2. The van der Waals surface area contributed by atoms with Crippen LogP contribution in [-0.4, -0.2) is 34.9 Å². The number of aromatic amines is 1. The summed E-state index contributed by atoms with van der Waals surface area (Å²) >= 11 is 0. The average molecular weight is 381 g/mol. The number of carbonyl (C=O) groups excluding carboxylic acids is 2. The zero-order chi connectivity index (χ0) is 19.7. The Labute approximate surface area is 162 Å². The quantitative estimate of drug-likeness (QED) is 0.755. The first-order valence-electron chi connectivity index (χ1n) is 9.58. The van der Waals surface area contributed by atoms with Crippen LogP contribution in [0, 0.1) is 6.92 Å². The molecule has 3 heterocycles. The summed E-state index contributed by atoms with van der Waals surface area (Å²) in [5.74, 6) is -0.957. The van der Waals surface area contributed by atoms with E-state index in [-0.39, 0.29) is 29.3 Å². The van der Waals surface area contributed by atoms with Crippen molar-refractivity contribution in [1.82, 2.24) is 9.97 Å². The molecular weight excluding hydrogens is 358 g/mol. The van der Waals surface area contributed by atoms with Gasteiger partial charge in [-0.3, -0.25) is 19.4 Å². The molecule has 2 amide bonds. The van der Waals surface area contributed by atoms with Crippen molar-refractivity contribution in [1.29, 1.82) is 0 Å². The molecule has 1 aromatic heterocycles. The minimum absolute atomic E-state index is 0.0848. The van der Waals surface area contributed by atoms with Crippen LogP contribution in [0.1, 0.15) is 42.7 Å². The fraction of sp³-hybridized carbons (Fsp3) is 0.400. The van der Waals surface area contributed by atoms with Crippen LogP contribution in [0.4, 0.5) is 17.5 Å². The number of hydrogen-bond acceptors (Lipinski definition) is 5. The summed E-state index contributed by atoms with van der Waals surface area (Å²) < 4.78 is 0. The second-order valence-corrected chi connectivity index (χ2v) is 7.36. The number of amides is 2. The number of aromatic nitrogens is 2. The van der Waals surface area contributed by atoms with E-state index in [0.717, 1.165) is 37.9 Å². The van der Waals surface area contributed by atoms with Crippen molar-refractivity contribution >= 4 is 29.3 Å². The van der Waals surface area contributed by atoms with Crippen LogP contribution < -0.4 is 21.1 Å². The molecule has 0 saturated carbocycles. The van der Waals surface area contributed by atoms with Gasteiger partial charge in [0, 0.05) is 25.2 Å². The van der Waals surface area contributed by atoms with E-state index in [1.54, 1.807) is 12.1 Å². The van der Waals surface area contributed by atoms with Gasteiger partial charge in [-0.2, -0.15) is 4.98 Å². The van der Waals surface area contributed by atoms with E-state index < -0.39 is 11.8 Å². The molecule has 28 heavy (non-hydrogen) atoms. The number of fused-ring (bicyclic) bond motifs is 1. The second-order valence-electron chi connectivity index (χ2n) is 7.36. The Hall–Kier alpha value is -3.16. The molecular formula is C20H23N5O3. The molecule has 0 aliphatic carbocycles. The van der Waals surface area contributed by atoms with Crippen LogP contribution in [0.5, 0.6) is 0 Å². The number of benzene rings is 1. The minimum Gasteiger partial charge on any atom is -0.342 e. The van der Waals surface area contributed by atoms with Crippen LogP contribution in [0.25, 0.3) is 0 Å². The molecule has 4 rings (SSSR count). The van der Waals surface area contributed by atoms with Crippen molar-refractivity contribution in [2.75, 3.05) is 28.6 Å². The third-order valence-corrected chi connectivity index (χ3v) is 5.23. The zero-order valence-electron chi connectivity index (χ0n) is 15.7. The van der Waals surface area contributed by atoms with Gasteiger partial charge in [-0.25, -0.2) is 0 Å². The lowest BCUT2D eigenvalue weighted by atomic mass is 9.92. The molecule has 2 aromatic rings. The fourth-order valence-electron chi connectivity index (χ4n) is 3.71. The number of rotatable bonds is 3. The molecule has 8 nitrogen and oxygen atoms in total. The van der Waals surface area contributed by atoms with Crippen molar-refractivity contribution in [2.24, 2.45) is 0 Å². The van der Waals surface area contributed by atoms with E-state index in [0.29, 0.717) is 11.6 Å². The van der Waals surface area contributed by atoms with E-state index in [9.17, 15) is 14.4 Å². The smallest absolute Gasteiger partial charge is 0.258 e. The predicted octanol–water partition coefficient (Wildman–Crippen LogP) is 2.13. The van der Waals surface area contributed by atoms with Gasteiger partial charge in [0.15, 0.2) is 0 Å². The number of hydrogen-bond donors (Lipinski definition) is 3. The number of nitrogens with zero attached hydrogens (tertiary/aromatic N) is 2. The highest BCUT2D eigenvalue weighted by Gasteiger charge is 2.35. The molecule has 8 heteroatoms. The Bertz CT molecular complexity index is 961. The third kappa shape index (κ3) is 3.62. The SMILES string of the molecule is Cc1ccc(NC(=O)[C@@H]2CC(=O)Nc3nc(N4CCCCC4)[nH]c(=O)c32)cc1. The first-order valence-corrected chi connectivity index (χ1v) is 9.58. The minimum atomic E-state index is -0.878. The molecule has 146 valence electrons. The highest BCUT2D eigenvalue weighted by atomic mass is 16.2. The Morgan fingerprint density at radius 1 is 1.14 bits per heavy atom. The summed E-state index contributed by atoms with van der Waals surface area (Å²) in [6.07, 6.45) is 3.14. The molecule has 3 N–H and O–H groups in total. The van der Waals surface area contributed by atoms with Crippen molar-refractivity contribution in [3.63, 3.8) is 0 Å². The number of piperidine rings is 1. The second kappa shape index (κ2) is 7.46. The van der Waals surface area contributed by atoms with E-state index in [4.69, 9.17) is 0 Å². The molecule has 2 aliphatic heterocycles. The lowest BCUT2D eigenvalue weighted by molar-refractivity contribution is -0.123. The monoisotopic (exact) mass is 381 g/mol. The highest BCUT2D eigenvalue weighted by Crippen LogP contribution is 2.30. The molecule has 0 unspecified atom stereocenters. The van der Waals surface area contributed by atoms with E-state index >= 15 is 0 Å². The van der Waals surface area contributed by atoms with Crippen LogP contribution in [0.2, 0.25) is 0 Å². The molecule has 2 aliphatic rings. The van der Waals surface area contributed by atoms with E-state index in [1.807, 2.05) is 24.0 Å². The summed E-state index contributed by atoms with van der Waals surface area (Å²) in [5.41, 5.74) is 1.53. The van der Waals surface area contributed by atoms with E-state index in [2.05, 4.69) is 20.6 Å². The number of aryl methyl sites for hydroxylation is 1. The average Bonchev–Trinajstić information content (AvgIpc) is 2.69. The molecule has 1 fully saturated rings. The molecule has 1 saturated heterocycles. The van der Waals surface area contributed by atoms with Crippen LogP contribution in [0.15, 0.2) is 29.1 Å². The maximum atomic E-state index is 12.8. The van der Waals surface area contributed by atoms with Crippen LogP contribution >= 0.6 is 0 Å². The molecule has 1 aromatic carbocycles. The van der Waals surface area contributed by atoms with Gasteiger partial charge in [0.2, 0.25) is 17.8 Å². The largest absolute Gasteiger partial charge is 0.342 e. The Morgan fingerprint density at radius 2 is 1.86 bits per heavy atom. The van der Waals surface area contributed by atoms with Crippen molar-refractivity contribution in [3.05, 3.63) is 45.7 Å². The summed E-state index contributed by atoms with van der Waals surface area (Å²) in [6.45, 7) is 3.58. The van der Waals surface area contributed by atoms with Crippen LogP contribution in [0.3, 0.4) is 0 Å². The van der Waals surface area contributed by atoms with Crippen molar-refractivity contribution in [3.8, 4) is 0 Å². The zero-order valence-corrected chi connectivity index (χ0v) is 15.7. The summed E-state index contributed by atoms with van der Waals surface area (Å²) in [6, 6.07) is 7.35. The topological polar surface area (TPSA) is 107 Å². The molecule has 0 radical (unpaired) electrons. The van der Waals surface area contributed by atoms with Gasteiger partial charge >= 0.3 is 0 Å². The fourth-order valence-corrected chi connectivity index (χ4v) is 3.71. The Morgan fingerprint density at radius 3 is 2.57 bits per heavy atom. The van der Waals surface area contributed by atoms with Gasteiger partial charge in [-0.15, -0.1) is 0 Å². The highest BCUT2D eigenvalue weighted by molar-refractivity contribution is 6.04. The summed E-state index contributed by atoms with van der Waals surface area (Å²) in [5, 5.41) is 5.46. The van der Waals surface area contributed by atoms with Gasteiger partial charge < -0.3 is 15.5 Å². The predicted molar refractivity (Wildman–Crippen MR) is 107 cm³/mol. The molecule has 0 bridgehead atoms. The lowest BCUT2D eigenvalue weighted by Gasteiger charge is -2.29. The van der Waals surface area contributed by atoms with Gasteiger partial charge in [-0.05, 0) is 38.3 Å². The van der Waals surface area contributed by atoms with Gasteiger partial charge in [0.25, 0.3) is 5.56 Å². The third-order valence-electron chi connectivity index (χ3n) is 5.23. The first kappa shape index (κ1) is 18.2. The van der Waals surface area contributed by atoms with Gasteiger partial charge in [0.1, 0.15) is 5.82 Å². The Kier molecular flexibility index (Phi) is 4.85. The standard InChI is InChI=1S/C20H23N5O3/c1-12-5-7-13(8-6-12)21-18(27)14-11-15(26)22-17-16(14)19(28)24-20(23-17)25-9-3-2-4-10-25/h5-8,14H,2-4,9-11H2,1H3,(H,21,27)(H2,22,23,24,26,28)/t14-/m1/s1. The van der Waals surface area contributed by atoms with Gasteiger partial charge in [0.05, 0.1) is 11.5 Å². The lowest BCUT2D eigenvalue weighted by Crippen LogP contribution is -2.38. The molecule has 0 spiro atoms. The number of nitrogens with one attached hydrogen (secondary N) is 3. The Balaban J connectivity index is 1.64. The molecule has 1 atom stereocenters. The van der Waals surface area contributed by atoms with Crippen LogP contribution in [-0.2, 0) is 9.59 Å². The summed E-state index contributed by atoms with van der Waals surface area (Å²) in [4.78, 5) is 47.1. The summed E-state index contributed by atoms with van der Waals surface area (Å²) in [7, 11) is 0. The van der Waals surface area contributed by atoms with E-state index in [1.165, 1.54) is 0 Å². The normalized spacial score (nSPS) is 19.0. The first-order chi connectivity index (χ1) is 13.5. The van der Waals surface area contributed by atoms with Gasteiger partial charge in [-0.1, -0.05) is 17.7 Å². The maximum absolute atomic E-state index is 12.8. The number of H-pyrrole nitrogens is 1.